The van der Waals surface area contributed by atoms with Crippen LogP contribution in [0.25, 0.3) is 5.69 Å². The summed E-state index contributed by atoms with van der Waals surface area (Å²) in [6, 6.07) is 10.5. The molecule has 1 aromatic heterocycles. The van der Waals surface area contributed by atoms with E-state index in [1.54, 1.807) is 0 Å². The number of carbonyl (C=O) groups excluding carboxylic acids is 1. The van der Waals surface area contributed by atoms with E-state index in [1.807, 2.05) is 24.3 Å². The van der Waals surface area contributed by atoms with E-state index in [4.69, 9.17) is 0 Å². The van der Waals surface area contributed by atoms with Crippen molar-refractivity contribution < 1.29 is 18.7 Å². The fraction of sp³-hybridized carbons (Fsp3) is 0.304. The van der Waals surface area contributed by atoms with Gasteiger partial charge in [-0.2, -0.15) is 5.10 Å². The monoisotopic (exact) mass is 407 g/mol. The predicted molar refractivity (Wildman–Crippen MR) is 104 cm³/mol. The van der Waals surface area contributed by atoms with Gasteiger partial charge in [-0.05, 0) is 47.9 Å². The van der Waals surface area contributed by atoms with Crippen molar-refractivity contribution in [3.05, 3.63) is 82.2 Å². The second-order valence-electron chi connectivity index (χ2n) is 8.44. The number of aliphatic hydroxyl groups is 1. The lowest BCUT2D eigenvalue weighted by Gasteiger charge is -2.17. The van der Waals surface area contributed by atoms with Crippen molar-refractivity contribution in [1.82, 2.24) is 15.1 Å². The predicted octanol–water partition coefficient (Wildman–Crippen LogP) is 3.20. The summed E-state index contributed by atoms with van der Waals surface area (Å²) in [6.45, 7) is 0. The van der Waals surface area contributed by atoms with Crippen LogP contribution in [0.5, 0.6) is 0 Å². The first-order valence-corrected chi connectivity index (χ1v) is 10.1. The van der Waals surface area contributed by atoms with Crippen LogP contribution < -0.4 is 5.32 Å². The third kappa shape index (κ3) is 2.55. The summed E-state index contributed by atoms with van der Waals surface area (Å²) in [5, 5.41) is 17.9. The normalized spacial score (nSPS) is 25.6. The quantitative estimate of drug-likeness (QED) is 0.701. The molecule has 0 saturated heterocycles. The van der Waals surface area contributed by atoms with E-state index in [0.717, 1.165) is 41.3 Å². The van der Waals surface area contributed by atoms with E-state index < -0.39 is 23.8 Å². The zero-order valence-corrected chi connectivity index (χ0v) is 16.0. The summed E-state index contributed by atoms with van der Waals surface area (Å²) in [6.07, 6.45) is 1.51. The number of hydrogen-bond donors (Lipinski definition) is 2. The van der Waals surface area contributed by atoms with Crippen LogP contribution in [0.15, 0.2) is 42.5 Å². The van der Waals surface area contributed by atoms with Crippen molar-refractivity contribution in [1.29, 1.82) is 0 Å². The number of nitrogens with zero attached hydrogens (tertiary/aromatic N) is 2. The van der Waals surface area contributed by atoms with E-state index in [0.29, 0.717) is 12.3 Å². The molecule has 0 radical (unpaired) electrons. The Morgan fingerprint density at radius 3 is 2.83 bits per heavy atom. The second kappa shape index (κ2) is 6.22. The first-order chi connectivity index (χ1) is 14.5. The summed E-state index contributed by atoms with van der Waals surface area (Å²) >= 11 is 0. The van der Waals surface area contributed by atoms with Gasteiger partial charge in [-0.1, -0.05) is 24.3 Å². The molecule has 1 amide bonds. The Hall–Kier alpha value is -3.06. The number of nitrogens with one attached hydrogen (secondary N) is 1. The van der Waals surface area contributed by atoms with E-state index in [2.05, 4.69) is 10.4 Å². The molecule has 2 aromatic carbocycles. The maximum Gasteiger partial charge on any atom is 0.272 e. The number of fused-ring (bicyclic) bond motifs is 4. The standard InChI is InChI=1S/C23H19F2N3O2/c24-13-5-6-17(16(25)10-13)28-18-8-12-7-15(12)20(18)22(27-28)23(30)26-21-14-4-2-1-3-11(14)9-19(21)29/h1-6,10,12,15,19,21,29H,7-9H2,(H,26,30)/t12?,15?,19-,21-/m0/s1. The zero-order valence-electron chi connectivity index (χ0n) is 16.0. The Bertz CT molecular complexity index is 1210. The molecule has 0 spiro atoms. The van der Waals surface area contributed by atoms with Gasteiger partial charge in [0.1, 0.15) is 11.5 Å². The summed E-state index contributed by atoms with van der Waals surface area (Å²) in [5.41, 5.74) is 4.01. The van der Waals surface area contributed by atoms with Crippen molar-refractivity contribution in [2.45, 2.75) is 37.3 Å². The van der Waals surface area contributed by atoms with E-state index in [1.165, 1.54) is 16.8 Å². The Labute approximate surface area is 171 Å². The maximum absolute atomic E-state index is 14.4. The average Bonchev–Trinajstić information content (AvgIpc) is 3.07. The third-order valence-electron chi connectivity index (χ3n) is 6.61. The molecule has 1 saturated carbocycles. The molecule has 30 heavy (non-hydrogen) atoms. The molecule has 0 bridgehead atoms. The highest BCUT2D eigenvalue weighted by Gasteiger charge is 2.50. The molecule has 1 heterocycles. The van der Waals surface area contributed by atoms with Gasteiger partial charge in [-0.25, -0.2) is 13.5 Å². The maximum atomic E-state index is 14.4. The van der Waals surface area contributed by atoms with Gasteiger partial charge in [0.25, 0.3) is 5.91 Å². The average molecular weight is 407 g/mol. The van der Waals surface area contributed by atoms with Crippen LogP contribution in [0.4, 0.5) is 8.78 Å². The summed E-state index contributed by atoms with van der Waals surface area (Å²) < 4.78 is 29.2. The van der Waals surface area contributed by atoms with Crippen LogP contribution in [0.2, 0.25) is 0 Å². The summed E-state index contributed by atoms with van der Waals surface area (Å²) in [4.78, 5) is 13.2. The van der Waals surface area contributed by atoms with E-state index in [-0.39, 0.29) is 23.2 Å². The fourth-order valence-corrected chi connectivity index (χ4v) is 5.10. The van der Waals surface area contributed by atoms with Gasteiger partial charge in [0.2, 0.25) is 0 Å². The number of amides is 1. The number of carbonyl (C=O) groups is 1. The Morgan fingerprint density at radius 1 is 1.17 bits per heavy atom. The molecule has 5 nitrogen and oxygen atoms in total. The summed E-state index contributed by atoms with van der Waals surface area (Å²) in [5.74, 6) is -1.03. The van der Waals surface area contributed by atoms with Crippen LogP contribution in [0, 0.1) is 17.6 Å². The molecule has 3 aliphatic carbocycles. The molecule has 152 valence electrons. The van der Waals surface area contributed by atoms with Crippen molar-refractivity contribution in [3.8, 4) is 5.69 Å². The largest absolute Gasteiger partial charge is 0.390 e. The molecule has 1 fully saturated rings. The van der Waals surface area contributed by atoms with Crippen molar-refractivity contribution in [2.24, 2.45) is 5.92 Å². The van der Waals surface area contributed by atoms with Gasteiger partial charge in [-0.3, -0.25) is 4.79 Å². The minimum Gasteiger partial charge on any atom is -0.390 e. The lowest BCUT2D eigenvalue weighted by atomic mass is 10.1. The third-order valence-corrected chi connectivity index (χ3v) is 6.61. The minimum atomic E-state index is -0.715. The molecule has 0 aliphatic heterocycles. The smallest absolute Gasteiger partial charge is 0.272 e. The highest BCUT2D eigenvalue weighted by atomic mass is 19.1. The highest BCUT2D eigenvalue weighted by molar-refractivity contribution is 5.95. The Morgan fingerprint density at radius 2 is 2.00 bits per heavy atom. The molecule has 4 atom stereocenters. The minimum absolute atomic E-state index is 0.138. The molecule has 7 heteroatoms. The molecule has 2 unspecified atom stereocenters. The first kappa shape index (κ1) is 17.8. The van der Waals surface area contributed by atoms with Crippen molar-refractivity contribution in [3.63, 3.8) is 0 Å². The molecule has 3 aliphatic rings. The Kier molecular flexibility index (Phi) is 3.68. The van der Waals surface area contributed by atoms with Crippen LogP contribution in [-0.2, 0) is 12.8 Å². The number of aliphatic hydroxyl groups excluding tert-OH is 1. The van der Waals surface area contributed by atoms with Crippen molar-refractivity contribution in [2.75, 3.05) is 0 Å². The molecule has 6 rings (SSSR count). The van der Waals surface area contributed by atoms with Gasteiger partial charge < -0.3 is 10.4 Å². The first-order valence-electron chi connectivity index (χ1n) is 10.1. The Balaban J connectivity index is 1.38. The number of rotatable bonds is 3. The van der Waals surface area contributed by atoms with Crippen LogP contribution >= 0.6 is 0 Å². The number of halogens is 2. The van der Waals surface area contributed by atoms with Crippen LogP contribution in [0.1, 0.15) is 51.3 Å². The highest BCUT2D eigenvalue weighted by Crippen LogP contribution is 2.57. The number of hydrogen-bond acceptors (Lipinski definition) is 3. The molecule has 3 aromatic rings. The fourth-order valence-electron chi connectivity index (χ4n) is 5.10. The number of benzene rings is 2. The molecule has 2 N–H and O–H groups in total. The number of aromatic nitrogens is 2. The lowest BCUT2D eigenvalue weighted by Crippen LogP contribution is -2.34. The lowest BCUT2D eigenvalue weighted by molar-refractivity contribution is 0.0852. The van der Waals surface area contributed by atoms with E-state index in [9.17, 15) is 18.7 Å². The van der Waals surface area contributed by atoms with Gasteiger partial charge in [0.15, 0.2) is 11.5 Å². The summed E-state index contributed by atoms with van der Waals surface area (Å²) in [7, 11) is 0. The van der Waals surface area contributed by atoms with E-state index >= 15 is 0 Å². The topological polar surface area (TPSA) is 67.2 Å². The van der Waals surface area contributed by atoms with Gasteiger partial charge in [0, 0.05) is 23.7 Å². The van der Waals surface area contributed by atoms with Gasteiger partial charge in [-0.15, -0.1) is 0 Å². The van der Waals surface area contributed by atoms with Crippen molar-refractivity contribution >= 4 is 5.91 Å². The second-order valence-corrected chi connectivity index (χ2v) is 8.44. The van der Waals surface area contributed by atoms with Gasteiger partial charge >= 0.3 is 0 Å². The zero-order chi connectivity index (χ0) is 20.6. The SMILES string of the molecule is O=C(N[C@H]1c2ccccc2C[C@@H]1O)c1nn(-c2ccc(F)cc2F)c2c1C1CC1C2. The van der Waals surface area contributed by atoms with Gasteiger partial charge in [0.05, 0.1) is 12.1 Å². The molecular weight excluding hydrogens is 388 g/mol. The van der Waals surface area contributed by atoms with Crippen LogP contribution in [-0.4, -0.2) is 26.9 Å². The molecular formula is C23H19F2N3O2. The van der Waals surface area contributed by atoms with Crippen LogP contribution in [0.3, 0.4) is 0 Å².